The van der Waals surface area contributed by atoms with Gasteiger partial charge in [-0.25, -0.2) is 4.57 Å². The number of hydrogen-bond donors (Lipinski definition) is 7. The van der Waals surface area contributed by atoms with Gasteiger partial charge >= 0.3 is 19.8 Å². The summed E-state index contributed by atoms with van der Waals surface area (Å²) in [5.74, 6) is -1.23. The minimum absolute atomic E-state index is 0.0516. The zero-order chi connectivity index (χ0) is 49.4. The first-order valence-electron chi connectivity index (χ1n) is 25.0. The molecule has 1 saturated carbocycles. The van der Waals surface area contributed by atoms with Gasteiger partial charge in [0.15, 0.2) is 6.10 Å². The van der Waals surface area contributed by atoms with Crippen LogP contribution in [0.2, 0.25) is 0 Å². The molecule has 9 atom stereocenters. The number of aliphatic hydroxyl groups is 6. The minimum Gasteiger partial charge on any atom is -0.462 e. The molecule has 67 heavy (non-hydrogen) atoms. The van der Waals surface area contributed by atoms with Crippen molar-refractivity contribution in [2.24, 2.45) is 0 Å². The quantitative estimate of drug-likeness (QED) is 0.00998. The Morgan fingerprint density at radius 2 is 1.00 bits per heavy atom. The average Bonchev–Trinajstić information content (AvgIpc) is 3.31. The molecule has 15 heteroatoms. The normalized spacial score (nSPS) is 22.3. The molecule has 1 fully saturated rings. The third-order valence-corrected chi connectivity index (χ3v) is 12.0. The molecule has 1 aliphatic carbocycles. The molecule has 14 nitrogen and oxygen atoms in total. The Balaban J connectivity index is 2.51. The topological polar surface area (TPSA) is 230 Å². The number of esters is 2. The van der Waals surface area contributed by atoms with E-state index >= 15 is 0 Å². The van der Waals surface area contributed by atoms with Crippen LogP contribution in [0.4, 0.5) is 0 Å². The number of phosphoric ester groups is 1. The molecular weight excluding hydrogens is 880 g/mol. The van der Waals surface area contributed by atoms with E-state index in [1.165, 1.54) is 44.9 Å². The van der Waals surface area contributed by atoms with Gasteiger partial charge in [-0.05, 0) is 83.5 Å². The lowest BCUT2D eigenvalue weighted by Crippen LogP contribution is -2.64. The minimum atomic E-state index is -5.16. The molecule has 1 aliphatic rings. The van der Waals surface area contributed by atoms with Gasteiger partial charge in [0.2, 0.25) is 0 Å². The third kappa shape index (κ3) is 33.2. The van der Waals surface area contributed by atoms with Crippen molar-refractivity contribution in [3.05, 3.63) is 85.1 Å². The number of aliphatic hydroxyl groups excluding tert-OH is 6. The Bertz CT molecular complexity index is 1510. The van der Waals surface area contributed by atoms with Crippen LogP contribution in [0.5, 0.6) is 0 Å². The molecule has 0 amide bonds. The van der Waals surface area contributed by atoms with Gasteiger partial charge in [0.25, 0.3) is 0 Å². The number of hydrogen-bond acceptors (Lipinski definition) is 13. The fourth-order valence-electron chi connectivity index (χ4n) is 6.96. The molecule has 0 aliphatic heterocycles. The number of allylic oxidation sites excluding steroid dienone is 12. The second kappa shape index (κ2) is 40.8. The van der Waals surface area contributed by atoms with Gasteiger partial charge < -0.3 is 45.0 Å². The third-order valence-electron chi connectivity index (χ3n) is 11.0. The predicted molar refractivity (Wildman–Crippen MR) is 264 cm³/mol. The van der Waals surface area contributed by atoms with Crippen molar-refractivity contribution in [2.75, 3.05) is 13.2 Å². The van der Waals surface area contributed by atoms with Crippen LogP contribution in [0.15, 0.2) is 85.1 Å². The number of rotatable bonds is 40. The SMILES string of the molecule is CCCCC/C=C\C[C@@H](O)/C=C/C=C\C/C=C\CCCC(=O)OC[C@H](COP(=O)(O)OC1[C@H](O)[C@H](O)C(O)[C@H](O)[C@H]1O)OC(=O)CCCCCCCC/C=C\C/C=C\C/C=C\CCCCCC. The molecule has 0 spiro atoms. The second-order valence-corrected chi connectivity index (χ2v) is 18.6. The van der Waals surface area contributed by atoms with E-state index in [2.05, 4.69) is 56.4 Å². The van der Waals surface area contributed by atoms with Gasteiger partial charge in [-0.2, -0.15) is 0 Å². The highest BCUT2D eigenvalue weighted by Gasteiger charge is 2.51. The van der Waals surface area contributed by atoms with Crippen molar-refractivity contribution in [2.45, 2.75) is 217 Å². The summed E-state index contributed by atoms with van der Waals surface area (Å²) in [6.07, 6.45) is 36.5. The summed E-state index contributed by atoms with van der Waals surface area (Å²) in [7, 11) is -5.16. The molecule has 0 saturated heterocycles. The first-order valence-corrected chi connectivity index (χ1v) is 26.5. The van der Waals surface area contributed by atoms with E-state index in [1.807, 2.05) is 36.5 Å². The summed E-state index contributed by atoms with van der Waals surface area (Å²) >= 11 is 0. The molecule has 3 unspecified atom stereocenters. The van der Waals surface area contributed by atoms with Gasteiger partial charge in [-0.3, -0.25) is 18.6 Å². The van der Waals surface area contributed by atoms with E-state index in [0.717, 1.165) is 64.2 Å². The lowest BCUT2D eigenvalue weighted by Gasteiger charge is -2.41. The standard InChI is InChI=1S/C52H87O14P/c1-3-5-7-9-11-12-13-14-15-16-17-18-19-20-21-22-23-28-32-36-40-46(55)65-44(42-64-67(61,62)66-52-50(59)48(57)47(56)49(58)51(52)60)41-63-45(54)39-35-31-27-25-24-26-30-34-38-43(53)37-33-29-10-8-6-4-2/h12-13,15-16,18-19,25-27,29-30,33-34,38,43-44,47-53,56-60H,3-11,14,17,20-24,28,31-32,35-37,39-42H2,1-2H3,(H,61,62)/b13-12-,16-15-,19-18-,27-25-,30-26-,33-29-,38-34+/t43-,44-,47?,48-,49+,50-,51-,52?/m1/s1. The molecule has 384 valence electrons. The van der Waals surface area contributed by atoms with Crippen LogP contribution in [-0.2, 0) is 32.7 Å². The van der Waals surface area contributed by atoms with Crippen LogP contribution in [0.25, 0.3) is 0 Å². The number of carbonyl (C=O) groups excluding carboxylic acids is 2. The van der Waals surface area contributed by atoms with Gasteiger partial charge in [0.05, 0.1) is 12.7 Å². The fraction of sp³-hybridized carbons (Fsp3) is 0.692. The van der Waals surface area contributed by atoms with E-state index in [-0.39, 0.29) is 12.8 Å². The van der Waals surface area contributed by atoms with Crippen LogP contribution in [0, 0.1) is 0 Å². The summed E-state index contributed by atoms with van der Waals surface area (Å²) in [5.41, 5.74) is 0. The zero-order valence-electron chi connectivity index (χ0n) is 40.5. The monoisotopic (exact) mass is 967 g/mol. The van der Waals surface area contributed by atoms with E-state index < -0.39 is 81.8 Å². The molecule has 0 radical (unpaired) electrons. The number of phosphoric acid groups is 1. The Kier molecular flexibility index (Phi) is 37.8. The number of ether oxygens (including phenoxy) is 2. The van der Waals surface area contributed by atoms with Gasteiger partial charge in [0.1, 0.15) is 43.2 Å². The first-order chi connectivity index (χ1) is 32.3. The number of unbranched alkanes of at least 4 members (excludes halogenated alkanes) is 14. The maximum atomic E-state index is 12.8. The van der Waals surface area contributed by atoms with Crippen LogP contribution in [0.1, 0.15) is 168 Å². The van der Waals surface area contributed by atoms with Crippen LogP contribution >= 0.6 is 7.82 Å². The highest BCUT2D eigenvalue weighted by Crippen LogP contribution is 2.47. The summed E-state index contributed by atoms with van der Waals surface area (Å²) in [4.78, 5) is 35.8. The highest BCUT2D eigenvalue weighted by atomic mass is 31.2. The van der Waals surface area contributed by atoms with E-state index in [9.17, 15) is 49.7 Å². The van der Waals surface area contributed by atoms with Crippen molar-refractivity contribution < 1.29 is 68.2 Å². The Morgan fingerprint density at radius 3 is 1.61 bits per heavy atom. The predicted octanol–water partition coefficient (Wildman–Crippen LogP) is 9.42. The summed E-state index contributed by atoms with van der Waals surface area (Å²) in [6, 6.07) is 0. The van der Waals surface area contributed by atoms with Crippen LogP contribution in [-0.4, -0.2) is 110 Å². The molecule has 0 bridgehead atoms. The second-order valence-electron chi connectivity index (χ2n) is 17.2. The Labute approximate surface area is 401 Å². The molecule has 7 N–H and O–H groups in total. The smallest absolute Gasteiger partial charge is 0.462 e. The lowest BCUT2D eigenvalue weighted by molar-refractivity contribution is -0.220. The maximum absolute atomic E-state index is 12.8. The van der Waals surface area contributed by atoms with E-state index in [1.54, 1.807) is 6.08 Å². The molecule has 1 rings (SSSR count). The van der Waals surface area contributed by atoms with Crippen molar-refractivity contribution >= 4 is 19.8 Å². The lowest BCUT2D eigenvalue weighted by atomic mass is 9.85. The molecule has 0 aromatic heterocycles. The van der Waals surface area contributed by atoms with Crippen molar-refractivity contribution in [1.29, 1.82) is 0 Å². The van der Waals surface area contributed by atoms with Gasteiger partial charge in [-0.1, -0.05) is 157 Å². The summed E-state index contributed by atoms with van der Waals surface area (Å²) in [5, 5.41) is 60.3. The van der Waals surface area contributed by atoms with Gasteiger partial charge in [-0.15, -0.1) is 0 Å². The summed E-state index contributed by atoms with van der Waals surface area (Å²) < 4.78 is 33.5. The fourth-order valence-corrected chi connectivity index (χ4v) is 7.93. The van der Waals surface area contributed by atoms with Crippen LogP contribution < -0.4 is 0 Å². The zero-order valence-corrected chi connectivity index (χ0v) is 41.4. The van der Waals surface area contributed by atoms with Gasteiger partial charge in [0, 0.05) is 12.8 Å². The molecular formula is C52H87O14P. The van der Waals surface area contributed by atoms with Crippen molar-refractivity contribution in [3.8, 4) is 0 Å². The number of carbonyl (C=O) groups is 2. The average molecular weight is 967 g/mol. The van der Waals surface area contributed by atoms with Crippen molar-refractivity contribution in [1.82, 2.24) is 0 Å². The van der Waals surface area contributed by atoms with E-state index in [4.69, 9.17) is 18.5 Å². The molecule has 0 aromatic rings. The maximum Gasteiger partial charge on any atom is 0.472 e. The summed E-state index contributed by atoms with van der Waals surface area (Å²) in [6.45, 7) is 3.12. The van der Waals surface area contributed by atoms with Crippen molar-refractivity contribution in [3.63, 3.8) is 0 Å². The Morgan fingerprint density at radius 1 is 0.537 bits per heavy atom. The largest absolute Gasteiger partial charge is 0.472 e. The highest BCUT2D eigenvalue weighted by molar-refractivity contribution is 7.47. The van der Waals surface area contributed by atoms with Crippen LogP contribution in [0.3, 0.4) is 0 Å². The molecule has 0 heterocycles. The Hall–Kier alpha value is -3.01. The molecule has 0 aromatic carbocycles. The first kappa shape index (κ1) is 62.0. The van der Waals surface area contributed by atoms with E-state index in [0.29, 0.717) is 32.1 Å².